The summed E-state index contributed by atoms with van der Waals surface area (Å²) in [7, 11) is 3.10. The number of carbonyl (C=O) groups excluding carboxylic acids is 1. The van der Waals surface area contributed by atoms with Gasteiger partial charge in [-0.1, -0.05) is 0 Å². The molecule has 1 N–H and O–H groups in total. The smallest absolute Gasteiger partial charge is 0.255 e. The van der Waals surface area contributed by atoms with Crippen molar-refractivity contribution in [2.45, 2.75) is 18.2 Å². The second-order valence-corrected chi connectivity index (χ2v) is 5.19. The summed E-state index contributed by atoms with van der Waals surface area (Å²) < 4.78 is 10.3. The van der Waals surface area contributed by atoms with Crippen molar-refractivity contribution in [2.24, 2.45) is 5.92 Å². The van der Waals surface area contributed by atoms with Crippen LogP contribution in [0.4, 0.5) is 0 Å². The molecule has 19 heavy (non-hydrogen) atoms. The SMILES string of the molecule is COc1ccc(C(=O)NCC(Cl)C2CC2)c(OC)c1. The van der Waals surface area contributed by atoms with Gasteiger partial charge in [0.25, 0.3) is 5.91 Å². The fraction of sp³-hybridized carbons (Fsp3) is 0.500. The van der Waals surface area contributed by atoms with Crippen LogP contribution in [-0.2, 0) is 0 Å². The highest BCUT2D eigenvalue weighted by Gasteiger charge is 2.29. The van der Waals surface area contributed by atoms with Crippen molar-refractivity contribution in [2.75, 3.05) is 20.8 Å². The maximum atomic E-state index is 12.1. The van der Waals surface area contributed by atoms with Crippen molar-refractivity contribution in [3.63, 3.8) is 0 Å². The molecule has 0 aliphatic heterocycles. The molecule has 1 fully saturated rings. The Balaban J connectivity index is 2.00. The van der Waals surface area contributed by atoms with Crippen LogP contribution in [0.5, 0.6) is 11.5 Å². The van der Waals surface area contributed by atoms with Gasteiger partial charge in [0.1, 0.15) is 11.5 Å². The highest BCUT2D eigenvalue weighted by Crippen LogP contribution is 2.35. The van der Waals surface area contributed by atoms with Crippen LogP contribution in [0.3, 0.4) is 0 Å². The molecule has 1 saturated carbocycles. The van der Waals surface area contributed by atoms with E-state index in [2.05, 4.69) is 5.32 Å². The molecule has 0 bridgehead atoms. The monoisotopic (exact) mass is 283 g/mol. The van der Waals surface area contributed by atoms with Gasteiger partial charge in [-0.25, -0.2) is 0 Å². The van der Waals surface area contributed by atoms with Crippen LogP contribution in [0.15, 0.2) is 18.2 Å². The predicted molar refractivity (Wildman–Crippen MR) is 74.2 cm³/mol. The maximum absolute atomic E-state index is 12.1. The molecular formula is C14H18ClNO3. The van der Waals surface area contributed by atoms with Crippen molar-refractivity contribution in [1.82, 2.24) is 5.32 Å². The molecule has 5 heteroatoms. The summed E-state index contributed by atoms with van der Waals surface area (Å²) in [5, 5.41) is 2.86. The zero-order valence-electron chi connectivity index (χ0n) is 11.1. The Morgan fingerprint density at radius 3 is 2.74 bits per heavy atom. The molecule has 1 aliphatic rings. The van der Waals surface area contributed by atoms with E-state index in [1.165, 1.54) is 7.11 Å². The van der Waals surface area contributed by atoms with E-state index in [9.17, 15) is 4.79 Å². The standard InChI is InChI=1S/C14H18ClNO3/c1-18-10-5-6-11(13(7-10)19-2)14(17)16-8-12(15)9-3-4-9/h5-7,9,12H,3-4,8H2,1-2H3,(H,16,17). The first-order valence-corrected chi connectivity index (χ1v) is 6.73. The summed E-state index contributed by atoms with van der Waals surface area (Å²) in [6.07, 6.45) is 2.33. The molecule has 2 rings (SSSR count). The molecule has 0 heterocycles. The molecule has 104 valence electrons. The Morgan fingerprint density at radius 2 is 2.16 bits per heavy atom. The van der Waals surface area contributed by atoms with E-state index in [1.54, 1.807) is 25.3 Å². The number of hydrogen-bond donors (Lipinski definition) is 1. The van der Waals surface area contributed by atoms with Gasteiger partial charge in [-0.05, 0) is 30.9 Å². The quantitative estimate of drug-likeness (QED) is 0.816. The second kappa shape index (κ2) is 6.15. The normalized spacial score (nSPS) is 15.7. The average molecular weight is 284 g/mol. The lowest BCUT2D eigenvalue weighted by atomic mass is 10.1. The van der Waals surface area contributed by atoms with Gasteiger partial charge in [0, 0.05) is 12.6 Å². The Labute approximate surface area is 118 Å². The number of alkyl halides is 1. The summed E-state index contributed by atoms with van der Waals surface area (Å²) in [6.45, 7) is 0.486. The maximum Gasteiger partial charge on any atom is 0.255 e. The van der Waals surface area contributed by atoms with Crippen LogP contribution in [0.25, 0.3) is 0 Å². The molecule has 0 radical (unpaired) electrons. The minimum Gasteiger partial charge on any atom is -0.497 e. The first-order chi connectivity index (χ1) is 9.15. The van der Waals surface area contributed by atoms with E-state index in [0.29, 0.717) is 29.5 Å². The number of amides is 1. The van der Waals surface area contributed by atoms with Crippen molar-refractivity contribution in [1.29, 1.82) is 0 Å². The van der Waals surface area contributed by atoms with Crippen LogP contribution >= 0.6 is 11.6 Å². The molecule has 4 nitrogen and oxygen atoms in total. The third-order valence-corrected chi connectivity index (χ3v) is 3.76. The summed E-state index contributed by atoms with van der Waals surface area (Å²) in [4.78, 5) is 12.1. The van der Waals surface area contributed by atoms with Gasteiger partial charge in [0.05, 0.1) is 25.2 Å². The Hall–Kier alpha value is -1.42. The average Bonchev–Trinajstić information content (AvgIpc) is 3.28. The third-order valence-electron chi connectivity index (χ3n) is 3.24. The number of ether oxygens (including phenoxy) is 2. The van der Waals surface area contributed by atoms with E-state index < -0.39 is 0 Å². The van der Waals surface area contributed by atoms with Crippen LogP contribution in [0.2, 0.25) is 0 Å². The zero-order valence-corrected chi connectivity index (χ0v) is 11.9. The van der Waals surface area contributed by atoms with Gasteiger partial charge >= 0.3 is 0 Å². The van der Waals surface area contributed by atoms with E-state index in [-0.39, 0.29) is 11.3 Å². The van der Waals surface area contributed by atoms with Crippen molar-refractivity contribution in [3.8, 4) is 11.5 Å². The largest absolute Gasteiger partial charge is 0.497 e. The first kappa shape index (κ1) is 14.0. The molecule has 1 aliphatic carbocycles. The summed E-state index contributed by atoms with van der Waals surface area (Å²) in [5.41, 5.74) is 0.489. The van der Waals surface area contributed by atoms with E-state index in [0.717, 1.165) is 12.8 Å². The number of nitrogens with one attached hydrogen (secondary N) is 1. The van der Waals surface area contributed by atoms with Crippen LogP contribution in [0.1, 0.15) is 23.2 Å². The lowest BCUT2D eigenvalue weighted by Gasteiger charge is -2.12. The number of halogens is 1. The minimum atomic E-state index is -0.175. The number of benzene rings is 1. The molecule has 0 saturated heterocycles. The third kappa shape index (κ3) is 3.53. The second-order valence-electron chi connectivity index (χ2n) is 4.63. The zero-order chi connectivity index (χ0) is 13.8. The van der Waals surface area contributed by atoms with Crippen LogP contribution in [-0.4, -0.2) is 32.0 Å². The summed E-state index contributed by atoms with van der Waals surface area (Å²) in [5.74, 6) is 1.53. The van der Waals surface area contributed by atoms with E-state index in [1.807, 2.05) is 0 Å². The predicted octanol–water partition coefficient (Wildman–Crippen LogP) is 2.45. The van der Waals surface area contributed by atoms with Gasteiger partial charge in [0.2, 0.25) is 0 Å². The lowest BCUT2D eigenvalue weighted by molar-refractivity contribution is 0.0950. The molecule has 1 unspecified atom stereocenters. The minimum absolute atomic E-state index is 0.0215. The van der Waals surface area contributed by atoms with Crippen molar-refractivity contribution in [3.05, 3.63) is 23.8 Å². The van der Waals surface area contributed by atoms with Gasteiger partial charge in [-0.3, -0.25) is 4.79 Å². The lowest BCUT2D eigenvalue weighted by Crippen LogP contribution is -2.30. The van der Waals surface area contributed by atoms with Crippen LogP contribution < -0.4 is 14.8 Å². The molecular weight excluding hydrogens is 266 g/mol. The Bertz CT molecular complexity index is 460. The molecule has 1 aromatic carbocycles. The van der Waals surface area contributed by atoms with Gasteiger partial charge in [-0.15, -0.1) is 11.6 Å². The van der Waals surface area contributed by atoms with Gasteiger partial charge in [-0.2, -0.15) is 0 Å². The van der Waals surface area contributed by atoms with Crippen molar-refractivity contribution >= 4 is 17.5 Å². The Morgan fingerprint density at radius 1 is 1.42 bits per heavy atom. The number of rotatable bonds is 6. The summed E-state index contributed by atoms with van der Waals surface area (Å²) >= 11 is 6.17. The Kier molecular flexibility index (Phi) is 4.53. The number of hydrogen-bond acceptors (Lipinski definition) is 3. The van der Waals surface area contributed by atoms with Crippen molar-refractivity contribution < 1.29 is 14.3 Å². The fourth-order valence-corrected chi connectivity index (χ4v) is 2.23. The summed E-state index contributed by atoms with van der Waals surface area (Å²) in [6, 6.07) is 5.11. The number of carbonyl (C=O) groups is 1. The molecule has 0 aromatic heterocycles. The molecule has 1 amide bonds. The topological polar surface area (TPSA) is 47.6 Å². The molecule has 1 atom stereocenters. The van der Waals surface area contributed by atoms with Gasteiger partial charge < -0.3 is 14.8 Å². The number of methoxy groups -OCH3 is 2. The first-order valence-electron chi connectivity index (χ1n) is 6.30. The highest BCUT2D eigenvalue weighted by molar-refractivity contribution is 6.21. The highest BCUT2D eigenvalue weighted by atomic mass is 35.5. The van der Waals surface area contributed by atoms with E-state index >= 15 is 0 Å². The van der Waals surface area contributed by atoms with Gasteiger partial charge in [0.15, 0.2) is 0 Å². The molecule has 0 spiro atoms. The van der Waals surface area contributed by atoms with Crippen LogP contribution in [0, 0.1) is 5.92 Å². The molecule has 1 aromatic rings. The van der Waals surface area contributed by atoms with E-state index in [4.69, 9.17) is 21.1 Å². The fourth-order valence-electron chi connectivity index (χ4n) is 1.90.